The average Bonchev–Trinajstić information content (AvgIpc) is 1.41. The third-order valence-electron chi connectivity index (χ3n) is 0. The Morgan fingerprint density at radius 2 is 0.412 bits per heavy atom. The Morgan fingerprint density at radius 1 is 0.412 bits per heavy atom. The van der Waals surface area contributed by atoms with E-state index in [1.54, 1.807) is 0 Å². The van der Waals surface area contributed by atoms with Crippen LogP contribution in [-0.2, 0) is 105 Å². The van der Waals surface area contributed by atoms with Crippen LogP contribution in [0.5, 0.6) is 0 Å². The van der Waals surface area contributed by atoms with Crippen molar-refractivity contribution in [3.8, 4) is 0 Å². The summed E-state index contributed by atoms with van der Waals surface area (Å²) in [6, 6.07) is 0. The van der Waals surface area contributed by atoms with E-state index in [0.29, 0.717) is 0 Å². The van der Waals surface area contributed by atoms with Gasteiger partial charge in [0, 0.05) is 0 Å². The van der Waals surface area contributed by atoms with Gasteiger partial charge in [-0.1, -0.05) is 0 Å². The predicted molar refractivity (Wildman–Crippen MR) is 4.12 cm³/mol. The molecule has 0 atom stereocenters. The average molecular weight is 590 g/mol. The van der Waals surface area contributed by atoms with E-state index in [1.165, 1.54) is 0 Å². The maximum atomic E-state index is 8.63. The molecular weight excluding hydrogens is 590 g/mol. The summed E-state index contributed by atoms with van der Waals surface area (Å²) in [5.74, 6) is 0. The van der Waals surface area contributed by atoms with Gasteiger partial charge in [0.05, 0.1) is 0 Å². The van der Waals surface area contributed by atoms with Crippen LogP contribution in [-0.4, -0.2) is 0 Å². The fourth-order valence-electron chi connectivity index (χ4n) is 0. The van der Waals surface area contributed by atoms with Crippen molar-refractivity contribution in [1.82, 2.24) is 0 Å². The molecule has 0 fully saturated rings. The van der Waals surface area contributed by atoms with Crippen LogP contribution in [0.1, 0.15) is 0 Å². The van der Waals surface area contributed by atoms with E-state index in [1.807, 2.05) is 0 Å². The van der Waals surface area contributed by atoms with E-state index >= 15 is 0 Å². The van der Waals surface area contributed by atoms with E-state index in [2.05, 4.69) is 0 Å². The molecule has 0 saturated carbocycles. The quantitative estimate of drug-likeness (QED) is 0.239. The summed E-state index contributed by atoms with van der Waals surface area (Å²) in [6.45, 7) is 0. The van der Waals surface area contributed by atoms with Crippen molar-refractivity contribution in [3.05, 3.63) is 0 Å². The third-order valence-corrected chi connectivity index (χ3v) is 0. The maximum absolute atomic E-state index is 8.63. The Kier molecular flexibility index (Phi) is 23.3. The first-order chi connectivity index (χ1) is 6.00. The van der Waals surface area contributed by atoms with Crippen molar-refractivity contribution < 1.29 is 127 Å². The normalized spacial score (nSPS) is 10.2. The Labute approximate surface area is 126 Å². The second kappa shape index (κ2) is 12.7. The van der Waals surface area contributed by atoms with Gasteiger partial charge in [-0.3, -0.25) is 0 Å². The van der Waals surface area contributed by atoms with Crippen LogP contribution in [0.25, 0.3) is 0 Å². The summed E-state index contributed by atoms with van der Waals surface area (Å²) < 4.78 is 104. The second-order valence-electron chi connectivity index (χ2n) is 1.22. The van der Waals surface area contributed by atoms with Crippen LogP contribution in [0.15, 0.2) is 0 Å². The topological polar surface area (TPSA) is 241 Å². The zero-order chi connectivity index (χ0) is 13.5. The molecule has 0 spiro atoms. The van der Waals surface area contributed by atoms with E-state index in [0.717, 1.165) is 0 Å². The van der Waals surface area contributed by atoms with Crippen molar-refractivity contribution >= 4 is 0 Å². The number of hydrogen-bond donors (Lipinski definition) is 0. The second-order valence-corrected chi connectivity index (χ2v) is 7.25. The molecule has 17 heavy (non-hydrogen) atoms. The van der Waals surface area contributed by atoms with Gasteiger partial charge in [0.15, 0.2) is 0 Å². The minimum atomic E-state index is -6.02. The molecule has 104 valence electrons. The summed E-state index contributed by atoms with van der Waals surface area (Å²) >= 11 is -18.1. The fraction of sp³-hybridized carbons (Fsp3) is 0. The van der Waals surface area contributed by atoms with E-state index in [4.69, 9.17) is 42.9 Å². The van der Waals surface area contributed by atoms with Crippen molar-refractivity contribution in [2.24, 2.45) is 0 Å². The molecule has 17 heteroatoms. The zero-order valence-electron chi connectivity index (χ0n) is 6.88. The van der Waals surface area contributed by atoms with Gasteiger partial charge in [0.1, 0.15) is 0 Å². The standard InChI is InChI=1S/2Mn.3Mo.12O/q2*+3;;;;;;;;;;6*-1. The Morgan fingerprint density at radius 3 is 0.412 bits per heavy atom. The SMILES string of the molecule is [Mn+3].[Mn+3].[O]=[Mo](=[O])([O-])[O-].[O]=[Mo](=[O])([O-])[O-].[O]=[Mo](=[O])([O-])[O-]. The van der Waals surface area contributed by atoms with Crippen LogP contribution in [0.3, 0.4) is 0 Å². The monoisotopic (exact) mass is 596 g/mol. The van der Waals surface area contributed by atoms with Gasteiger partial charge in [0.2, 0.25) is 0 Å². The molecule has 0 aliphatic rings. The molecule has 0 radical (unpaired) electrons. The molecule has 0 aromatic heterocycles. The van der Waals surface area contributed by atoms with E-state index in [9.17, 15) is 0 Å². The minimum absolute atomic E-state index is 0. The summed E-state index contributed by atoms with van der Waals surface area (Å²) in [5, 5.41) is 0. The summed E-state index contributed by atoms with van der Waals surface area (Å²) in [4.78, 5) is 0. The van der Waals surface area contributed by atoms with E-state index in [-0.39, 0.29) is 34.1 Å². The van der Waals surface area contributed by atoms with Crippen molar-refractivity contribution in [3.63, 3.8) is 0 Å². The molecule has 0 unspecified atom stereocenters. The molecule has 0 bridgehead atoms. The van der Waals surface area contributed by atoms with Crippen molar-refractivity contribution in [2.75, 3.05) is 0 Å². The van der Waals surface area contributed by atoms with Gasteiger partial charge >= 0.3 is 127 Å². The molecule has 0 amide bonds. The fourth-order valence-corrected chi connectivity index (χ4v) is 0. The molecule has 0 aromatic rings. The molecule has 0 aromatic carbocycles. The van der Waals surface area contributed by atoms with Gasteiger partial charge in [-0.15, -0.1) is 0 Å². The van der Waals surface area contributed by atoms with Gasteiger partial charge in [0.25, 0.3) is 0 Å². The van der Waals surface area contributed by atoms with Crippen LogP contribution < -0.4 is 22.6 Å². The van der Waals surface area contributed by atoms with Crippen LogP contribution in [0, 0.1) is 0 Å². The molecule has 12 nitrogen and oxygen atoms in total. The zero-order valence-corrected chi connectivity index (χ0v) is 15.3. The van der Waals surface area contributed by atoms with Crippen LogP contribution >= 0.6 is 0 Å². The summed E-state index contributed by atoms with van der Waals surface area (Å²) in [6.07, 6.45) is 0. The Hall–Kier alpha value is 1.66. The first kappa shape index (κ1) is 31.2. The molecule has 0 saturated heterocycles. The van der Waals surface area contributed by atoms with Gasteiger partial charge < -0.3 is 0 Å². The Balaban J connectivity index is -0.0000000400. The van der Waals surface area contributed by atoms with Crippen molar-refractivity contribution in [1.29, 1.82) is 0 Å². The molecule has 0 aliphatic heterocycles. The van der Waals surface area contributed by atoms with Gasteiger partial charge in [-0.05, 0) is 0 Å². The van der Waals surface area contributed by atoms with Crippen molar-refractivity contribution in [2.45, 2.75) is 0 Å². The predicted octanol–water partition coefficient (Wildman–Crippen LogP) is -7.86. The summed E-state index contributed by atoms with van der Waals surface area (Å²) in [5.41, 5.74) is 0. The molecule has 0 rings (SSSR count). The van der Waals surface area contributed by atoms with Crippen LogP contribution in [0.2, 0.25) is 0 Å². The third kappa shape index (κ3) is 1570. The van der Waals surface area contributed by atoms with Gasteiger partial charge in [-0.2, -0.15) is 0 Å². The molecule has 0 N–H and O–H groups in total. The van der Waals surface area contributed by atoms with Gasteiger partial charge in [-0.25, -0.2) is 0 Å². The Bertz CT molecular complexity index is 341. The number of rotatable bonds is 0. The molecular formula is Mn2Mo3O12. The first-order valence-corrected chi connectivity index (χ1v) is 11.8. The number of hydrogen-bond acceptors (Lipinski definition) is 12. The van der Waals surface area contributed by atoms with E-state index < -0.39 is 50.2 Å². The summed E-state index contributed by atoms with van der Waals surface area (Å²) in [7, 11) is 0. The molecule has 0 heterocycles. The van der Waals surface area contributed by atoms with Crippen LogP contribution in [0.4, 0.5) is 0 Å². The first-order valence-electron chi connectivity index (χ1n) is 2.00. The molecule has 0 aliphatic carbocycles.